The van der Waals surface area contributed by atoms with Crippen LogP contribution in [0.4, 0.5) is 0 Å². The Bertz CT molecular complexity index is 1200. The molecule has 4 atom stereocenters. The van der Waals surface area contributed by atoms with E-state index in [-0.39, 0.29) is 42.1 Å². The number of hydrogen-bond acceptors (Lipinski definition) is 5. The summed E-state index contributed by atoms with van der Waals surface area (Å²) < 4.78 is 12.1. The molecule has 3 aliphatic carbocycles. The summed E-state index contributed by atoms with van der Waals surface area (Å²) in [5.41, 5.74) is 1.43. The van der Waals surface area contributed by atoms with Gasteiger partial charge in [-0.1, -0.05) is 41.4 Å². The molecule has 0 spiro atoms. The minimum Gasteiger partial charge on any atom is -0.493 e. The minimum absolute atomic E-state index is 0.131. The van der Waals surface area contributed by atoms with Crippen LogP contribution in [0.15, 0.2) is 52.1 Å². The Kier molecular flexibility index (Phi) is 6.44. The minimum atomic E-state index is -0.287. The van der Waals surface area contributed by atoms with E-state index in [1.807, 2.05) is 0 Å². The van der Waals surface area contributed by atoms with Crippen molar-refractivity contribution >= 4 is 57.2 Å². The molecule has 2 aromatic carbocycles. The summed E-state index contributed by atoms with van der Waals surface area (Å²) >= 11 is 15.7. The van der Waals surface area contributed by atoms with E-state index >= 15 is 0 Å². The molecule has 34 heavy (non-hydrogen) atoms. The quantitative estimate of drug-likeness (QED) is 0.250. The summed E-state index contributed by atoms with van der Waals surface area (Å²) in [6.07, 6.45) is 7.57. The predicted molar refractivity (Wildman–Crippen MR) is 133 cm³/mol. The van der Waals surface area contributed by atoms with Crippen LogP contribution in [0.5, 0.6) is 11.5 Å². The number of methoxy groups -OCH3 is 1. The lowest BCUT2D eigenvalue weighted by Crippen LogP contribution is -2.38. The first-order chi connectivity index (χ1) is 16.4. The number of benzene rings is 2. The van der Waals surface area contributed by atoms with Crippen LogP contribution in [0.1, 0.15) is 24.0 Å². The average Bonchev–Trinajstić information content (AvgIpc) is 3.10. The van der Waals surface area contributed by atoms with Crippen LogP contribution in [0, 0.1) is 23.7 Å². The summed E-state index contributed by atoms with van der Waals surface area (Å²) in [5.74, 6) is 0.226. The molecule has 0 aromatic heterocycles. The van der Waals surface area contributed by atoms with Crippen molar-refractivity contribution in [2.24, 2.45) is 28.8 Å². The molecule has 176 valence electrons. The predicted octanol–water partition coefficient (Wildman–Crippen LogP) is 5.87. The van der Waals surface area contributed by atoms with Gasteiger partial charge < -0.3 is 9.47 Å². The van der Waals surface area contributed by atoms with E-state index in [9.17, 15) is 9.59 Å². The standard InChI is InChI=1S/C25H21BrCl2N2O4/c1-33-20-9-13(8-18(26)23(20)34-12-16-6-7-17(27)10-19(16)28)11-29-30-24(31)21-14-2-3-15(5-4-14)22(21)25(30)32/h2-3,6-11,14-15,21-22H,4-5,12H2,1H3/b29-11-/t14-,15-,21+,22+/m0/s1. The first kappa shape index (κ1) is 23.4. The molecule has 6 nitrogen and oxygen atoms in total. The van der Waals surface area contributed by atoms with Crippen molar-refractivity contribution in [1.82, 2.24) is 5.01 Å². The van der Waals surface area contributed by atoms with E-state index in [0.717, 1.165) is 23.4 Å². The van der Waals surface area contributed by atoms with Gasteiger partial charge >= 0.3 is 0 Å². The molecule has 0 radical (unpaired) electrons. The summed E-state index contributed by atoms with van der Waals surface area (Å²) in [5, 5.41) is 6.37. The molecule has 2 amide bonds. The third-order valence-corrected chi connectivity index (χ3v) is 7.87. The molecule has 1 saturated carbocycles. The second-order valence-electron chi connectivity index (χ2n) is 8.63. The lowest BCUT2D eigenvalue weighted by molar-refractivity contribution is -0.140. The van der Waals surface area contributed by atoms with Crippen molar-refractivity contribution in [3.63, 3.8) is 0 Å². The zero-order chi connectivity index (χ0) is 24.0. The zero-order valence-corrected chi connectivity index (χ0v) is 21.3. The Labute approximate surface area is 215 Å². The Morgan fingerprint density at radius 1 is 1.09 bits per heavy atom. The highest BCUT2D eigenvalue weighted by Crippen LogP contribution is 2.49. The summed E-state index contributed by atoms with van der Waals surface area (Å²) in [6.45, 7) is 0.217. The Hall–Kier alpha value is -2.35. The number of carbonyl (C=O) groups excluding carboxylic acids is 2. The van der Waals surface area contributed by atoms with Gasteiger partial charge in [-0.05, 0) is 70.4 Å². The van der Waals surface area contributed by atoms with Gasteiger partial charge in [-0.2, -0.15) is 10.1 Å². The van der Waals surface area contributed by atoms with Gasteiger partial charge in [-0.3, -0.25) is 9.59 Å². The number of fused-ring (bicyclic) bond motifs is 1. The van der Waals surface area contributed by atoms with Crippen molar-refractivity contribution in [2.45, 2.75) is 19.4 Å². The molecule has 0 N–H and O–H groups in total. The fourth-order valence-electron chi connectivity index (χ4n) is 5.04. The van der Waals surface area contributed by atoms with E-state index < -0.39 is 0 Å². The highest BCUT2D eigenvalue weighted by molar-refractivity contribution is 9.10. The van der Waals surface area contributed by atoms with Crippen LogP contribution in [0.3, 0.4) is 0 Å². The summed E-state index contributed by atoms with van der Waals surface area (Å²) in [6, 6.07) is 8.72. The molecule has 1 heterocycles. The van der Waals surface area contributed by atoms with Crippen LogP contribution in [0.25, 0.3) is 0 Å². The van der Waals surface area contributed by atoms with Crippen molar-refractivity contribution in [1.29, 1.82) is 0 Å². The van der Waals surface area contributed by atoms with Gasteiger partial charge in [0, 0.05) is 15.6 Å². The normalized spacial score (nSPS) is 25.4. The second kappa shape index (κ2) is 9.36. The molecule has 2 aromatic rings. The van der Waals surface area contributed by atoms with Gasteiger partial charge in [0.1, 0.15) is 6.61 Å². The first-order valence-corrected chi connectivity index (χ1v) is 12.5. The maximum absolute atomic E-state index is 13.0. The van der Waals surface area contributed by atoms with Crippen LogP contribution < -0.4 is 9.47 Å². The monoisotopic (exact) mass is 562 g/mol. The topological polar surface area (TPSA) is 68.2 Å². The van der Waals surface area contributed by atoms with Crippen LogP contribution in [-0.4, -0.2) is 30.1 Å². The molecule has 0 unspecified atom stereocenters. The molecule has 2 bridgehead atoms. The van der Waals surface area contributed by atoms with Crippen molar-refractivity contribution < 1.29 is 19.1 Å². The lowest BCUT2D eigenvalue weighted by Gasteiger charge is -2.37. The largest absolute Gasteiger partial charge is 0.493 e. The molecular formula is C25H21BrCl2N2O4. The molecular weight excluding hydrogens is 543 g/mol. The molecule has 9 heteroatoms. The van der Waals surface area contributed by atoms with Crippen LogP contribution in [0.2, 0.25) is 10.0 Å². The summed E-state index contributed by atoms with van der Waals surface area (Å²) in [4.78, 5) is 25.9. The van der Waals surface area contributed by atoms with E-state index in [1.54, 1.807) is 30.3 Å². The maximum atomic E-state index is 13.0. The van der Waals surface area contributed by atoms with Gasteiger partial charge in [-0.25, -0.2) is 0 Å². The second-order valence-corrected chi connectivity index (χ2v) is 10.3. The van der Waals surface area contributed by atoms with Gasteiger partial charge in [0.05, 0.1) is 29.6 Å². The number of rotatable bonds is 6. The first-order valence-electron chi connectivity index (χ1n) is 10.9. The number of allylic oxidation sites excluding steroid dienone is 2. The molecule has 2 fully saturated rings. The number of nitrogens with zero attached hydrogens (tertiary/aromatic N) is 2. The van der Waals surface area contributed by atoms with Crippen LogP contribution >= 0.6 is 39.1 Å². The van der Waals surface area contributed by atoms with Crippen molar-refractivity contribution in [3.05, 3.63) is 68.1 Å². The Balaban J connectivity index is 1.34. The summed E-state index contributed by atoms with van der Waals surface area (Å²) in [7, 11) is 1.53. The van der Waals surface area contributed by atoms with E-state index in [1.165, 1.54) is 13.3 Å². The molecule has 6 rings (SSSR count). The van der Waals surface area contributed by atoms with E-state index in [0.29, 0.717) is 31.6 Å². The van der Waals surface area contributed by atoms with Gasteiger partial charge in [-0.15, -0.1) is 0 Å². The van der Waals surface area contributed by atoms with Crippen molar-refractivity contribution in [2.75, 3.05) is 7.11 Å². The molecule has 4 aliphatic rings. The Morgan fingerprint density at radius 2 is 1.76 bits per heavy atom. The number of halogens is 3. The van der Waals surface area contributed by atoms with Gasteiger partial charge in [0.25, 0.3) is 11.8 Å². The SMILES string of the molecule is COc1cc(/C=N\N2C(=O)[C@H]3[C@H](C2=O)[C@H]2C=C[C@H]3CC2)cc(Br)c1OCc1ccc(Cl)cc1Cl. The number of hydrogen-bond donors (Lipinski definition) is 0. The highest BCUT2D eigenvalue weighted by Gasteiger charge is 2.56. The lowest BCUT2D eigenvalue weighted by atomic mass is 9.63. The highest BCUT2D eigenvalue weighted by atomic mass is 79.9. The smallest absolute Gasteiger partial charge is 0.254 e. The third-order valence-electron chi connectivity index (χ3n) is 6.70. The van der Waals surface area contributed by atoms with Gasteiger partial charge in [0.2, 0.25) is 0 Å². The number of hydrazone groups is 1. The fourth-order valence-corrected chi connectivity index (χ4v) is 6.08. The maximum Gasteiger partial charge on any atom is 0.254 e. The van der Waals surface area contributed by atoms with E-state index in [4.69, 9.17) is 32.7 Å². The third kappa shape index (κ3) is 4.14. The number of amides is 2. The zero-order valence-electron chi connectivity index (χ0n) is 18.2. The molecule has 1 saturated heterocycles. The van der Waals surface area contributed by atoms with Crippen LogP contribution in [-0.2, 0) is 16.2 Å². The van der Waals surface area contributed by atoms with E-state index in [2.05, 4.69) is 33.2 Å². The number of ether oxygens (including phenoxy) is 2. The van der Waals surface area contributed by atoms with Crippen molar-refractivity contribution in [3.8, 4) is 11.5 Å². The number of imide groups is 1. The average molecular weight is 564 g/mol. The molecule has 1 aliphatic heterocycles. The van der Waals surface area contributed by atoms with Gasteiger partial charge in [0.15, 0.2) is 11.5 Å². The fraction of sp³-hybridized carbons (Fsp3) is 0.320. The Morgan fingerprint density at radius 3 is 2.35 bits per heavy atom. The number of carbonyl (C=O) groups is 2.